The lowest BCUT2D eigenvalue weighted by Crippen LogP contribution is -2.09. The molecule has 0 fully saturated rings. The molecule has 0 bridgehead atoms. The number of hydrogen-bond acceptors (Lipinski definition) is 5. The van der Waals surface area contributed by atoms with Crippen LogP contribution in [-0.2, 0) is 0 Å². The zero-order valence-corrected chi connectivity index (χ0v) is 12.7. The second-order valence-electron chi connectivity index (χ2n) is 5.02. The van der Waals surface area contributed by atoms with E-state index in [0.29, 0.717) is 11.2 Å². The van der Waals surface area contributed by atoms with E-state index in [-0.39, 0.29) is 16.8 Å². The molecule has 0 aliphatic heterocycles. The number of nitrogens with zero attached hydrogens (tertiary/aromatic N) is 2. The van der Waals surface area contributed by atoms with E-state index < -0.39 is 4.92 Å². The Morgan fingerprint density at radius 3 is 2.58 bits per heavy atom. The molecule has 0 saturated heterocycles. The second-order valence-corrected chi connectivity index (χ2v) is 5.02. The number of rotatable bonds is 4. The van der Waals surface area contributed by atoms with Crippen LogP contribution < -0.4 is 10.3 Å². The van der Waals surface area contributed by atoms with Crippen LogP contribution in [0.4, 0.5) is 5.69 Å². The number of nitro benzene ring substituents is 1. The van der Waals surface area contributed by atoms with E-state index in [4.69, 9.17) is 4.74 Å². The van der Waals surface area contributed by atoms with Crippen molar-refractivity contribution in [3.05, 3.63) is 74.3 Å². The smallest absolute Gasteiger partial charge is 0.271 e. The lowest BCUT2D eigenvalue weighted by molar-refractivity contribution is -0.384. The Hall–Kier alpha value is -3.48. The largest absolute Gasteiger partial charge is 0.497 e. The average molecular weight is 323 g/mol. The molecule has 0 spiro atoms. The highest BCUT2D eigenvalue weighted by molar-refractivity contribution is 5.81. The topological polar surface area (TPSA) is 98.1 Å². The predicted molar refractivity (Wildman–Crippen MR) is 90.9 cm³/mol. The third-order valence-electron chi connectivity index (χ3n) is 3.47. The molecule has 0 atom stereocenters. The van der Waals surface area contributed by atoms with Gasteiger partial charge in [-0.05, 0) is 29.8 Å². The normalized spacial score (nSPS) is 11.0. The van der Waals surface area contributed by atoms with Crippen LogP contribution in [0.15, 0.2) is 47.3 Å². The zero-order valence-electron chi connectivity index (χ0n) is 12.7. The molecule has 3 rings (SSSR count). The predicted octanol–water partition coefficient (Wildman–Crippen LogP) is 3.01. The summed E-state index contributed by atoms with van der Waals surface area (Å²) in [6.45, 7) is 0. The Kier molecular flexibility index (Phi) is 4.07. The standard InChI is InChI=1S/C17H13N3O4/c1-24-13-6-2-11(3-7-13)4-9-16-18-15-10-12(20(22)23)5-8-14(15)17(21)19-16/h2-10H,1H3,(H,18,19,21). The molecular formula is C17H13N3O4. The van der Waals surface area contributed by atoms with Gasteiger partial charge in [-0.3, -0.25) is 14.9 Å². The molecule has 0 saturated carbocycles. The van der Waals surface area contributed by atoms with Gasteiger partial charge in [0.2, 0.25) is 0 Å². The summed E-state index contributed by atoms with van der Waals surface area (Å²) in [6.07, 6.45) is 3.42. The number of H-pyrrole nitrogens is 1. The Balaban J connectivity index is 1.97. The molecule has 0 aliphatic carbocycles. The Morgan fingerprint density at radius 1 is 1.17 bits per heavy atom. The number of hydrogen-bond donors (Lipinski definition) is 1. The van der Waals surface area contributed by atoms with Crippen molar-refractivity contribution in [2.24, 2.45) is 0 Å². The molecule has 7 nitrogen and oxygen atoms in total. The molecule has 0 unspecified atom stereocenters. The minimum atomic E-state index is -0.519. The van der Waals surface area contributed by atoms with Crippen LogP contribution in [0.2, 0.25) is 0 Å². The number of nitrogens with one attached hydrogen (secondary N) is 1. The first-order chi connectivity index (χ1) is 11.6. The fourth-order valence-electron chi connectivity index (χ4n) is 2.23. The van der Waals surface area contributed by atoms with E-state index in [0.717, 1.165) is 11.3 Å². The SMILES string of the molecule is COc1ccc(C=Cc2nc3cc([N+](=O)[O-])ccc3c(=O)[nH]2)cc1. The average Bonchev–Trinajstić information content (AvgIpc) is 2.60. The third-order valence-corrected chi connectivity index (χ3v) is 3.47. The zero-order chi connectivity index (χ0) is 17.1. The molecule has 1 aromatic heterocycles. The quantitative estimate of drug-likeness (QED) is 0.588. The van der Waals surface area contributed by atoms with Gasteiger partial charge in [0, 0.05) is 12.1 Å². The van der Waals surface area contributed by atoms with Crippen LogP contribution in [-0.4, -0.2) is 22.0 Å². The van der Waals surface area contributed by atoms with E-state index in [1.165, 1.54) is 18.2 Å². The van der Waals surface area contributed by atoms with Crippen molar-refractivity contribution < 1.29 is 9.66 Å². The second kappa shape index (κ2) is 6.33. The number of benzene rings is 2. The summed E-state index contributed by atoms with van der Waals surface area (Å²) < 4.78 is 5.09. The van der Waals surface area contributed by atoms with Crippen molar-refractivity contribution in [1.82, 2.24) is 9.97 Å². The van der Waals surface area contributed by atoms with Gasteiger partial charge in [-0.2, -0.15) is 0 Å². The lowest BCUT2D eigenvalue weighted by Gasteiger charge is -2.00. The molecule has 0 aliphatic rings. The molecular weight excluding hydrogens is 310 g/mol. The van der Waals surface area contributed by atoms with Crippen molar-refractivity contribution >= 4 is 28.7 Å². The number of aromatic amines is 1. The number of fused-ring (bicyclic) bond motifs is 1. The maximum atomic E-state index is 12.1. The number of non-ortho nitro benzene ring substituents is 1. The van der Waals surface area contributed by atoms with Gasteiger partial charge < -0.3 is 9.72 Å². The number of aromatic nitrogens is 2. The highest BCUT2D eigenvalue weighted by Gasteiger charge is 2.09. The van der Waals surface area contributed by atoms with Crippen LogP contribution >= 0.6 is 0 Å². The first-order valence-corrected chi connectivity index (χ1v) is 7.07. The van der Waals surface area contributed by atoms with Crippen molar-refractivity contribution in [2.75, 3.05) is 7.11 Å². The van der Waals surface area contributed by atoms with Gasteiger partial charge in [0.05, 0.1) is 22.9 Å². The van der Waals surface area contributed by atoms with Crippen LogP contribution in [0.1, 0.15) is 11.4 Å². The number of ether oxygens (including phenoxy) is 1. The Morgan fingerprint density at radius 2 is 1.92 bits per heavy atom. The highest BCUT2D eigenvalue weighted by atomic mass is 16.6. The van der Waals surface area contributed by atoms with E-state index in [9.17, 15) is 14.9 Å². The van der Waals surface area contributed by atoms with Crippen LogP contribution in [0, 0.1) is 10.1 Å². The summed E-state index contributed by atoms with van der Waals surface area (Å²) in [6, 6.07) is 11.3. The molecule has 24 heavy (non-hydrogen) atoms. The van der Waals surface area contributed by atoms with Gasteiger partial charge in [0.15, 0.2) is 0 Å². The molecule has 0 radical (unpaired) electrons. The van der Waals surface area contributed by atoms with Gasteiger partial charge >= 0.3 is 0 Å². The monoisotopic (exact) mass is 323 g/mol. The van der Waals surface area contributed by atoms with Gasteiger partial charge in [-0.25, -0.2) is 4.98 Å². The molecule has 120 valence electrons. The van der Waals surface area contributed by atoms with E-state index in [1.807, 2.05) is 24.3 Å². The van der Waals surface area contributed by atoms with E-state index in [2.05, 4.69) is 9.97 Å². The van der Waals surface area contributed by atoms with E-state index in [1.54, 1.807) is 19.3 Å². The molecule has 3 aromatic rings. The maximum Gasteiger partial charge on any atom is 0.271 e. The van der Waals surface area contributed by atoms with E-state index >= 15 is 0 Å². The first kappa shape index (κ1) is 15.4. The number of nitro groups is 1. The fraction of sp³-hybridized carbons (Fsp3) is 0.0588. The van der Waals surface area contributed by atoms with Crippen molar-refractivity contribution in [1.29, 1.82) is 0 Å². The summed E-state index contributed by atoms with van der Waals surface area (Å²) in [7, 11) is 1.59. The third kappa shape index (κ3) is 3.14. The molecule has 7 heteroatoms. The molecule has 0 amide bonds. The summed E-state index contributed by atoms with van der Waals surface area (Å²) in [5, 5.41) is 11.2. The fourth-order valence-corrected chi connectivity index (χ4v) is 2.23. The van der Waals surface area contributed by atoms with Crippen LogP contribution in [0.3, 0.4) is 0 Å². The van der Waals surface area contributed by atoms with Crippen LogP contribution in [0.5, 0.6) is 5.75 Å². The van der Waals surface area contributed by atoms with Crippen molar-refractivity contribution in [3.8, 4) is 5.75 Å². The van der Waals surface area contributed by atoms with Gasteiger partial charge in [0.1, 0.15) is 11.6 Å². The summed E-state index contributed by atoms with van der Waals surface area (Å²) in [4.78, 5) is 29.3. The number of methoxy groups -OCH3 is 1. The first-order valence-electron chi connectivity index (χ1n) is 7.07. The highest BCUT2D eigenvalue weighted by Crippen LogP contribution is 2.17. The molecule has 2 aromatic carbocycles. The lowest BCUT2D eigenvalue weighted by atomic mass is 10.2. The minimum Gasteiger partial charge on any atom is -0.497 e. The van der Waals surface area contributed by atoms with Gasteiger partial charge in [-0.15, -0.1) is 0 Å². The summed E-state index contributed by atoms with van der Waals surface area (Å²) in [5.41, 5.74) is 0.731. The summed E-state index contributed by atoms with van der Waals surface area (Å²) >= 11 is 0. The van der Waals surface area contributed by atoms with Crippen LogP contribution in [0.25, 0.3) is 23.1 Å². The van der Waals surface area contributed by atoms with Gasteiger partial charge in [0.25, 0.3) is 11.2 Å². The minimum absolute atomic E-state index is 0.106. The molecule has 1 N–H and O–H groups in total. The van der Waals surface area contributed by atoms with Crippen molar-refractivity contribution in [3.63, 3.8) is 0 Å². The maximum absolute atomic E-state index is 12.1. The summed E-state index contributed by atoms with van der Waals surface area (Å²) in [5.74, 6) is 1.07. The molecule has 1 heterocycles. The van der Waals surface area contributed by atoms with Gasteiger partial charge in [-0.1, -0.05) is 18.2 Å². The van der Waals surface area contributed by atoms with Crippen molar-refractivity contribution in [2.45, 2.75) is 0 Å². The Labute approximate surface area is 136 Å². The Bertz CT molecular complexity index is 991.